The molecule has 0 spiro atoms. The normalized spacial score (nSPS) is 23.3. The smallest absolute Gasteiger partial charge is 0.331 e. The highest BCUT2D eigenvalue weighted by molar-refractivity contribution is 5.89. The Labute approximate surface area is 216 Å². The lowest BCUT2D eigenvalue weighted by atomic mass is 9.78. The second kappa shape index (κ2) is 11.7. The van der Waals surface area contributed by atoms with Gasteiger partial charge in [0.1, 0.15) is 11.7 Å². The minimum absolute atomic E-state index is 0.344. The van der Waals surface area contributed by atoms with E-state index in [1.54, 1.807) is 0 Å². The Kier molecular flexibility index (Phi) is 8.61. The van der Waals surface area contributed by atoms with Gasteiger partial charge in [-0.05, 0) is 47.5 Å². The minimum atomic E-state index is -2.12. The molecule has 0 aliphatic heterocycles. The van der Waals surface area contributed by atoms with E-state index in [2.05, 4.69) is 5.32 Å². The first-order chi connectivity index (χ1) is 17.9. The summed E-state index contributed by atoms with van der Waals surface area (Å²) in [5, 5.41) is 61.6. The fourth-order valence-electron chi connectivity index (χ4n) is 3.90. The van der Waals surface area contributed by atoms with Gasteiger partial charge in [-0.2, -0.15) is 0 Å². The highest BCUT2D eigenvalue weighted by atomic mass is 16.6. The first-order valence-corrected chi connectivity index (χ1v) is 11.4. The van der Waals surface area contributed by atoms with E-state index < -0.39 is 66.1 Å². The van der Waals surface area contributed by atoms with Gasteiger partial charge in [-0.3, -0.25) is 4.79 Å². The zero-order valence-corrected chi connectivity index (χ0v) is 20.1. The number of aliphatic hydroxyl groups excluding tert-OH is 1. The molecule has 1 fully saturated rings. The summed E-state index contributed by atoms with van der Waals surface area (Å²) < 4.78 is 10.6. The van der Waals surface area contributed by atoms with Gasteiger partial charge >= 0.3 is 11.9 Å². The maximum absolute atomic E-state index is 12.5. The second-order valence-electron chi connectivity index (χ2n) is 8.63. The first-order valence-electron chi connectivity index (χ1n) is 11.4. The molecule has 0 radical (unpaired) electrons. The van der Waals surface area contributed by atoms with Crippen LogP contribution in [-0.2, 0) is 23.9 Å². The molecule has 0 saturated heterocycles. The van der Waals surface area contributed by atoms with Crippen molar-refractivity contribution in [2.24, 2.45) is 0 Å². The number of rotatable bonds is 7. The number of likely N-dealkylation sites (N-methyl/N-ethyl adjacent to an activating group) is 1. The Balaban J connectivity index is 1.77. The molecule has 3 rings (SSSR count). The number of carbonyl (C=O) groups is 3. The largest absolute Gasteiger partial charge is 0.504 e. The number of carbonyl (C=O) groups excluding carboxylic acids is 3. The van der Waals surface area contributed by atoms with Crippen LogP contribution < -0.4 is 5.32 Å². The molecule has 12 heteroatoms. The van der Waals surface area contributed by atoms with E-state index in [4.69, 9.17) is 9.47 Å². The molecule has 38 heavy (non-hydrogen) atoms. The number of esters is 2. The average Bonchev–Trinajstić information content (AvgIpc) is 2.87. The molecule has 0 unspecified atom stereocenters. The van der Waals surface area contributed by atoms with Crippen molar-refractivity contribution < 1.29 is 54.5 Å². The Morgan fingerprint density at radius 3 is 1.82 bits per heavy atom. The maximum Gasteiger partial charge on any atom is 0.331 e. The topological polar surface area (TPSA) is 203 Å². The van der Waals surface area contributed by atoms with E-state index in [-0.39, 0.29) is 11.5 Å². The van der Waals surface area contributed by atoms with Gasteiger partial charge in [0.2, 0.25) is 0 Å². The Hall–Kier alpha value is -4.55. The third kappa shape index (κ3) is 6.81. The highest BCUT2D eigenvalue weighted by Gasteiger charge is 2.51. The van der Waals surface area contributed by atoms with Crippen molar-refractivity contribution in [3.8, 4) is 23.0 Å². The van der Waals surface area contributed by atoms with Gasteiger partial charge in [-0.15, -0.1) is 0 Å². The van der Waals surface area contributed by atoms with Crippen molar-refractivity contribution in [2.45, 2.75) is 36.8 Å². The summed E-state index contributed by atoms with van der Waals surface area (Å²) in [7, 11) is 1.28. The lowest BCUT2D eigenvalue weighted by molar-refractivity contribution is -0.198. The molecule has 0 bridgehead atoms. The molecular formula is C26H27NO11. The van der Waals surface area contributed by atoms with E-state index in [1.807, 2.05) is 0 Å². The van der Waals surface area contributed by atoms with Gasteiger partial charge in [-0.25, -0.2) is 9.59 Å². The average molecular weight is 529 g/mol. The number of ether oxygens (including phenoxy) is 2. The van der Waals surface area contributed by atoms with Crippen molar-refractivity contribution in [1.29, 1.82) is 0 Å². The van der Waals surface area contributed by atoms with Crippen molar-refractivity contribution in [3.05, 3.63) is 59.7 Å². The molecule has 2 aromatic rings. The zero-order chi connectivity index (χ0) is 28.0. The quantitative estimate of drug-likeness (QED) is 0.151. The number of aromatic hydroxyl groups is 4. The third-order valence-corrected chi connectivity index (χ3v) is 5.82. The molecule has 0 aromatic heterocycles. The summed E-state index contributed by atoms with van der Waals surface area (Å²) >= 11 is 0. The van der Waals surface area contributed by atoms with Gasteiger partial charge in [0.05, 0.1) is 6.10 Å². The van der Waals surface area contributed by atoms with Crippen LogP contribution in [0.3, 0.4) is 0 Å². The van der Waals surface area contributed by atoms with Gasteiger partial charge in [0, 0.05) is 32.0 Å². The van der Waals surface area contributed by atoms with Crippen molar-refractivity contribution in [3.63, 3.8) is 0 Å². The maximum atomic E-state index is 12.5. The summed E-state index contributed by atoms with van der Waals surface area (Å²) in [6.45, 7) is 0. The number of aliphatic hydroxyl groups is 2. The van der Waals surface area contributed by atoms with Crippen molar-refractivity contribution in [2.75, 3.05) is 7.05 Å². The number of amides is 1. The van der Waals surface area contributed by atoms with Crippen LogP contribution in [0.15, 0.2) is 48.6 Å². The Bertz CT molecular complexity index is 1270. The van der Waals surface area contributed by atoms with Crippen LogP contribution in [0.25, 0.3) is 12.2 Å². The molecule has 1 amide bonds. The summed E-state index contributed by atoms with van der Waals surface area (Å²) in [6.07, 6.45) is -0.959. The number of phenols is 4. The van der Waals surface area contributed by atoms with E-state index in [9.17, 15) is 45.0 Å². The molecule has 2 aromatic carbocycles. The molecule has 1 aliphatic carbocycles. The van der Waals surface area contributed by atoms with Gasteiger partial charge in [-0.1, -0.05) is 12.1 Å². The molecule has 12 nitrogen and oxygen atoms in total. The summed E-state index contributed by atoms with van der Waals surface area (Å²) in [4.78, 5) is 37.2. The van der Waals surface area contributed by atoms with Gasteiger partial charge < -0.3 is 45.4 Å². The summed E-state index contributed by atoms with van der Waals surface area (Å²) in [6, 6.07) is 7.65. The predicted octanol–water partition coefficient (Wildman–Crippen LogP) is 0.691. The van der Waals surface area contributed by atoms with Crippen LogP contribution in [0.4, 0.5) is 0 Å². The van der Waals surface area contributed by atoms with Gasteiger partial charge in [0.15, 0.2) is 29.1 Å². The first kappa shape index (κ1) is 28.0. The zero-order valence-electron chi connectivity index (χ0n) is 20.1. The van der Waals surface area contributed by atoms with E-state index >= 15 is 0 Å². The van der Waals surface area contributed by atoms with Crippen molar-refractivity contribution >= 4 is 30.0 Å². The number of benzene rings is 2. The molecule has 1 aliphatic rings. The molecular weight excluding hydrogens is 502 g/mol. The van der Waals surface area contributed by atoms with E-state index in [0.717, 1.165) is 12.2 Å². The van der Waals surface area contributed by atoms with Gasteiger partial charge in [0.25, 0.3) is 5.91 Å². The number of phenolic OH excluding ortho intramolecular Hbond substituents is 4. The van der Waals surface area contributed by atoms with Crippen molar-refractivity contribution in [1.82, 2.24) is 5.32 Å². The minimum Gasteiger partial charge on any atom is -0.504 e. The van der Waals surface area contributed by atoms with Crippen LogP contribution in [-0.4, -0.2) is 79.4 Å². The fourth-order valence-corrected chi connectivity index (χ4v) is 3.90. The fraction of sp³-hybridized carbons (Fsp3) is 0.269. The molecule has 7 N–H and O–H groups in total. The number of hydrogen-bond donors (Lipinski definition) is 7. The number of hydrogen-bond acceptors (Lipinski definition) is 11. The SMILES string of the molecule is CNC(=O)[C@@]1(O)C[C@@H](O)[C@H](OC(=O)/C=C/c2ccc(O)c(O)c2)[C@H](OC(=O)/C=C/c2ccc(O)c(O)c2)C1. The van der Waals surface area contributed by atoms with Crippen LogP contribution in [0.1, 0.15) is 24.0 Å². The summed E-state index contributed by atoms with van der Waals surface area (Å²) in [5.74, 6) is -4.26. The van der Waals surface area contributed by atoms with Crippen LogP contribution in [0.5, 0.6) is 23.0 Å². The van der Waals surface area contributed by atoms with E-state index in [1.165, 1.54) is 55.6 Å². The standard InChI is InChI=1S/C26H27NO11/c1-27-25(35)26(36)12-20(32)24(38-23(34)9-5-15-3-7-17(29)19(31)11-15)21(13-26)37-22(33)8-4-14-2-6-16(28)18(30)10-14/h2-11,20-21,24,28-32,36H,12-13H2,1H3,(H,27,35)/b8-4+,9-5+/t20-,21-,24+,26-/m1/s1. The van der Waals surface area contributed by atoms with Crippen LogP contribution >= 0.6 is 0 Å². The predicted molar refractivity (Wildman–Crippen MR) is 132 cm³/mol. The lowest BCUT2D eigenvalue weighted by Gasteiger charge is -2.41. The molecule has 1 saturated carbocycles. The highest BCUT2D eigenvalue weighted by Crippen LogP contribution is 2.33. The lowest BCUT2D eigenvalue weighted by Crippen LogP contribution is -2.60. The monoisotopic (exact) mass is 529 g/mol. The third-order valence-electron chi connectivity index (χ3n) is 5.82. The second-order valence-corrected chi connectivity index (χ2v) is 8.63. The Morgan fingerprint density at radius 2 is 1.34 bits per heavy atom. The van der Waals surface area contributed by atoms with Crippen LogP contribution in [0, 0.1) is 0 Å². The Morgan fingerprint density at radius 1 is 0.842 bits per heavy atom. The number of nitrogens with one attached hydrogen (secondary N) is 1. The molecule has 202 valence electrons. The molecule has 0 heterocycles. The van der Waals surface area contributed by atoms with E-state index in [0.29, 0.717) is 11.1 Å². The van der Waals surface area contributed by atoms with Crippen LogP contribution in [0.2, 0.25) is 0 Å². The molecule has 4 atom stereocenters. The summed E-state index contributed by atoms with van der Waals surface area (Å²) in [5.41, 5.74) is -1.42.